The summed E-state index contributed by atoms with van der Waals surface area (Å²) in [5.41, 5.74) is 6.53. The van der Waals surface area contributed by atoms with E-state index >= 15 is 0 Å². The fourth-order valence-electron chi connectivity index (χ4n) is 1.02. The lowest BCUT2D eigenvalue weighted by molar-refractivity contribution is 0.200. The van der Waals surface area contributed by atoms with Crippen molar-refractivity contribution >= 4 is 31.9 Å². The number of ether oxygens (including phenoxy) is 1. The summed E-state index contributed by atoms with van der Waals surface area (Å²) in [6.45, 7) is 0.758. The van der Waals surface area contributed by atoms with Crippen molar-refractivity contribution in [1.29, 1.82) is 0 Å². The van der Waals surface area contributed by atoms with Crippen LogP contribution < -0.4 is 10.5 Å². The Morgan fingerprint density at radius 3 is 2.29 bits per heavy atom. The van der Waals surface area contributed by atoms with E-state index in [9.17, 15) is 0 Å². The number of nitrogens with two attached hydrogens (primary N) is 1. The van der Waals surface area contributed by atoms with Gasteiger partial charge in [-0.25, -0.2) is 0 Å². The summed E-state index contributed by atoms with van der Waals surface area (Å²) < 4.78 is 7.00. The lowest BCUT2D eigenvalue weighted by Gasteiger charge is -2.10. The lowest BCUT2D eigenvalue weighted by Crippen LogP contribution is -2.04. The van der Waals surface area contributed by atoms with E-state index in [4.69, 9.17) is 15.6 Å². The quantitative estimate of drug-likeness (QED) is 0.891. The molecule has 0 heterocycles. The van der Waals surface area contributed by atoms with Crippen LogP contribution in [0.5, 0.6) is 5.75 Å². The number of aliphatic hydroxyl groups is 1. The zero-order chi connectivity index (χ0) is 10.6. The molecule has 0 spiro atoms. The van der Waals surface area contributed by atoms with Gasteiger partial charge in [0.25, 0.3) is 0 Å². The number of halogens is 2. The molecule has 3 nitrogen and oxygen atoms in total. The molecule has 3 N–H and O–H groups in total. The third kappa shape index (κ3) is 2.95. The van der Waals surface area contributed by atoms with Crippen LogP contribution in [0.2, 0.25) is 0 Å². The smallest absolute Gasteiger partial charge is 0.147 e. The summed E-state index contributed by atoms with van der Waals surface area (Å²) in [4.78, 5) is 0. The summed E-state index contributed by atoms with van der Waals surface area (Å²) in [5, 5.41) is 8.63. The molecule has 1 aromatic carbocycles. The summed E-state index contributed by atoms with van der Waals surface area (Å²) >= 11 is 6.75. The van der Waals surface area contributed by atoms with E-state index in [0.717, 1.165) is 14.5 Å². The maximum Gasteiger partial charge on any atom is 0.147 e. The third-order valence-corrected chi connectivity index (χ3v) is 2.81. The molecular formula is C9H11Br2NO2. The first-order chi connectivity index (χ1) is 6.69. The van der Waals surface area contributed by atoms with Crippen molar-refractivity contribution in [1.82, 2.24) is 0 Å². The molecule has 0 aliphatic carbocycles. The van der Waals surface area contributed by atoms with Gasteiger partial charge >= 0.3 is 0 Å². The maximum atomic E-state index is 8.63. The molecule has 0 radical (unpaired) electrons. The van der Waals surface area contributed by atoms with Gasteiger partial charge in [0.2, 0.25) is 0 Å². The van der Waals surface area contributed by atoms with Gasteiger partial charge in [0.1, 0.15) is 12.4 Å². The highest BCUT2D eigenvalue weighted by molar-refractivity contribution is 9.11. The highest BCUT2D eigenvalue weighted by Crippen LogP contribution is 2.34. The Morgan fingerprint density at radius 2 is 1.86 bits per heavy atom. The molecule has 0 bridgehead atoms. The molecule has 78 valence electrons. The zero-order valence-corrected chi connectivity index (χ0v) is 10.6. The normalized spacial score (nSPS) is 10.3. The van der Waals surface area contributed by atoms with Crippen LogP contribution in [-0.2, 0) is 6.54 Å². The van der Waals surface area contributed by atoms with E-state index in [1.54, 1.807) is 0 Å². The molecule has 0 aliphatic rings. The van der Waals surface area contributed by atoms with Crippen LogP contribution in [0.25, 0.3) is 0 Å². The molecule has 0 atom stereocenters. The van der Waals surface area contributed by atoms with Gasteiger partial charge < -0.3 is 15.6 Å². The van der Waals surface area contributed by atoms with Crippen molar-refractivity contribution in [2.45, 2.75) is 6.54 Å². The van der Waals surface area contributed by atoms with Gasteiger partial charge in [0.15, 0.2) is 0 Å². The van der Waals surface area contributed by atoms with Gasteiger partial charge in [-0.05, 0) is 49.6 Å². The minimum Gasteiger partial charge on any atom is -0.489 e. The van der Waals surface area contributed by atoms with Gasteiger partial charge in [-0.1, -0.05) is 0 Å². The minimum absolute atomic E-state index is 0.00246. The Balaban J connectivity index is 2.93. The van der Waals surface area contributed by atoms with Gasteiger partial charge in [0.05, 0.1) is 15.6 Å². The molecule has 14 heavy (non-hydrogen) atoms. The Labute approximate surface area is 99.5 Å². The Kier molecular flexibility index (Phi) is 4.88. The van der Waals surface area contributed by atoms with Gasteiger partial charge in [-0.2, -0.15) is 0 Å². The van der Waals surface area contributed by atoms with E-state index in [0.29, 0.717) is 12.3 Å². The summed E-state index contributed by atoms with van der Waals surface area (Å²) in [7, 11) is 0. The maximum absolute atomic E-state index is 8.63. The van der Waals surface area contributed by atoms with Crippen molar-refractivity contribution in [3.8, 4) is 5.75 Å². The van der Waals surface area contributed by atoms with Gasteiger partial charge in [0, 0.05) is 6.54 Å². The van der Waals surface area contributed by atoms with Crippen LogP contribution >= 0.6 is 31.9 Å². The molecular weight excluding hydrogens is 314 g/mol. The van der Waals surface area contributed by atoms with Crippen LogP contribution in [0, 0.1) is 0 Å². The van der Waals surface area contributed by atoms with Crippen LogP contribution in [0.4, 0.5) is 0 Å². The third-order valence-electron chi connectivity index (χ3n) is 1.63. The standard InChI is InChI=1S/C9H11Br2NO2/c10-7-3-6(5-12)4-8(11)9(7)14-2-1-13/h3-4,13H,1-2,5,12H2. The first kappa shape index (κ1) is 12.0. The summed E-state index contributed by atoms with van der Waals surface area (Å²) in [6, 6.07) is 3.80. The van der Waals surface area contributed by atoms with Gasteiger partial charge in [-0.15, -0.1) is 0 Å². The first-order valence-electron chi connectivity index (χ1n) is 4.10. The minimum atomic E-state index is -0.00246. The Hall–Kier alpha value is -0.100. The molecule has 0 fully saturated rings. The zero-order valence-electron chi connectivity index (χ0n) is 7.46. The predicted octanol–water partition coefficient (Wildman–Crippen LogP) is 2.04. The van der Waals surface area contributed by atoms with E-state index < -0.39 is 0 Å². The number of rotatable bonds is 4. The molecule has 1 aromatic rings. The van der Waals surface area contributed by atoms with Crippen molar-refractivity contribution in [2.75, 3.05) is 13.2 Å². The number of aliphatic hydroxyl groups excluding tert-OH is 1. The second kappa shape index (κ2) is 5.70. The van der Waals surface area contributed by atoms with E-state index in [1.165, 1.54) is 0 Å². The molecule has 0 aromatic heterocycles. The lowest BCUT2D eigenvalue weighted by atomic mass is 10.2. The Morgan fingerprint density at radius 1 is 1.29 bits per heavy atom. The highest BCUT2D eigenvalue weighted by atomic mass is 79.9. The largest absolute Gasteiger partial charge is 0.489 e. The summed E-state index contributed by atoms with van der Waals surface area (Å²) in [5.74, 6) is 0.691. The SMILES string of the molecule is NCc1cc(Br)c(OCCO)c(Br)c1. The molecule has 0 amide bonds. The fraction of sp³-hybridized carbons (Fsp3) is 0.333. The topological polar surface area (TPSA) is 55.5 Å². The highest BCUT2D eigenvalue weighted by Gasteiger charge is 2.07. The number of hydrogen-bond donors (Lipinski definition) is 2. The van der Waals surface area contributed by atoms with E-state index in [-0.39, 0.29) is 13.2 Å². The average molecular weight is 325 g/mol. The van der Waals surface area contributed by atoms with Gasteiger partial charge in [-0.3, -0.25) is 0 Å². The Bertz CT molecular complexity index is 295. The van der Waals surface area contributed by atoms with Crippen LogP contribution in [0.1, 0.15) is 5.56 Å². The van der Waals surface area contributed by atoms with E-state index in [2.05, 4.69) is 31.9 Å². The fourth-order valence-corrected chi connectivity index (χ4v) is 2.53. The van der Waals surface area contributed by atoms with Crippen molar-refractivity contribution in [3.05, 3.63) is 26.6 Å². The monoisotopic (exact) mass is 323 g/mol. The predicted molar refractivity (Wildman–Crippen MR) is 62.3 cm³/mol. The number of benzene rings is 1. The molecule has 1 rings (SSSR count). The summed E-state index contributed by atoms with van der Waals surface area (Å²) in [6.07, 6.45) is 0. The van der Waals surface area contributed by atoms with Crippen LogP contribution in [0.3, 0.4) is 0 Å². The van der Waals surface area contributed by atoms with E-state index in [1.807, 2.05) is 12.1 Å². The second-order valence-electron chi connectivity index (χ2n) is 2.66. The average Bonchev–Trinajstić information content (AvgIpc) is 2.16. The molecule has 5 heteroatoms. The van der Waals surface area contributed by atoms with Crippen molar-refractivity contribution in [3.63, 3.8) is 0 Å². The van der Waals surface area contributed by atoms with Crippen molar-refractivity contribution in [2.24, 2.45) is 5.73 Å². The molecule has 0 unspecified atom stereocenters. The van der Waals surface area contributed by atoms with Crippen molar-refractivity contribution < 1.29 is 9.84 Å². The second-order valence-corrected chi connectivity index (χ2v) is 4.37. The van der Waals surface area contributed by atoms with Crippen LogP contribution in [0.15, 0.2) is 21.1 Å². The molecule has 0 aliphatic heterocycles. The first-order valence-corrected chi connectivity index (χ1v) is 5.69. The van der Waals surface area contributed by atoms with Crippen LogP contribution in [-0.4, -0.2) is 18.3 Å². The molecule has 0 saturated heterocycles. The molecule has 0 saturated carbocycles. The number of hydrogen-bond acceptors (Lipinski definition) is 3.